The fourth-order valence-corrected chi connectivity index (χ4v) is 4.09. The standard InChI is InChI=1S/C14H18BrN3O4S2/c1-4-22-14(21)10-7(2)11(15)24-13(10)18-9(19)5-8(23-6-16)12(20)17-3/h6,8,16H,4-5H2,1-3H3,(H,17,20)(H,18,19). The van der Waals surface area contributed by atoms with Crippen LogP contribution < -0.4 is 10.6 Å². The molecule has 0 aliphatic rings. The Labute approximate surface area is 156 Å². The first-order chi connectivity index (χ1) is 11.3. The minimum atomic E-state index is -0.706. The van der Waals surface area contributed by atoms with Crippen LogP contribution >= 0.6 is 39.0 Å². The number of carbonyl (C=O) groups excluding carboxylic acids is 3. The Hall–Kier alpha value is -1.39. The van der Waals surface area contributed by atoms with Crippen LogP contribution in [-0.4, -0.2) is 42.2 Å². The van der Waals surface area contributed by atoms with Gasteiger partial charge < -0.3 is 20.8 Å². The maximum atomic E-state index is 12.2. The summed E-state index contributed by atoms with van der Waals surface area (Å²) in [6.45, 7) is 3.68. The number of anilines is 1. The van der Waals surface area contributed by atoms with Crippen LogP contribution in [0.3, 0.4) is 0 Å². The lowest BCUT2D eigenvalue weighted by Gasteiger charge is -2.12. The summed E-state index contributed by atoms with van der Waals surface area (Å²) < 4.78 is 5.74. The Bertz CT molecular complexity index is 648. The summed E-state index contributed by atoms with van der Waals surface area (Å²) in [7, 11) is 1.47. The largest absolute Gasteiger partial charge is 0.462 e. The number of ether oxygens (including phenoxy) is 1. The molecule has 0 aliphatic heterocycles. The molecule has 1 rings (SSSR count). The second kappa shape index (κ2) is 9.80. The first-order valence-electron chi connectivity index (χ1n) is 6.97. The van der Waals surface area contributed by atoms with E-state index < -0.39 is 17.1 Å². The molecule has 0 bridgehead atoms. The summed E-state index contributed by atoms with van der Waals surface area (Å²) >= 11 is 5.50. The van der Waals surface area contributed by atoms with Crippen molar-refractivity contribution in [3.05, 3.63) is 14.9 Å². The quantitative estimate of drug-likeness (QED) is 0.330. The molecular weight excluding hydrogens is 418 g/mol. The number of thiophene rings is 1. The van der Waals surface area contributed by atoms with E-state index in [0.717, 1.165) is 21.1 Å². The summed E-state index contributed by atoms with van der Waals surface area (Å²) in [5, 5.41) is 11.9. The lowest BCUT2D eigenvalue weighted by molar-refractivity contribution is -0.123. The molecule has 24 heavy (non-hydrogen) atoms. The minimum absolute atomic E-state index is 0.115. The van der Waals surface area contributed by atoms with Crippen molar-refractivity contribution in [2.45, 2.75) is 25.5 Å². The zero-order valence-electron chi connectivity index (χ0n) is 13.4. The van der Waals surface area contributed by atoms with E-state index in [4.69, 9.17) is 10.1 Å². The van der Waals surface area contributed by atoms with Gasteiger partial charge in [0.25, 0.3) is 0 Å². The van der Waals surface area contributed by atoms with Crippen LogP contribution in [0.25, 0.3) is 0 Å². The van der Waals surface area contributed by atoms with Gasteiger partial charge in [-0.1, -0.05) is 0 Å². The molecule has 10 heteroatoms. The van der Waals surface area contributed by atoms with E-state index in [9.17, 15) is 14.4 Å². The van der Waals surface area contributed by atoms with Crippen molar-refractivity contribution in [1.29, 1.82) is 5.41 Å². The third-order valence-corrected chi connectivity index (χ3v) is 5.88. The topological polar surface area (TPSA) is 108 Å². The van der Waals surface area contributed by atoms with Crippen LogP contribution in [-0.2, 0) is 14.3 Å². The Morgan fingerprint density at radius 3 is 2.67 bits per heavy atom. The number of amides is 2. The maximum Gasteiger partial charge on any atom is 0.341 e. The van der Waals surface area contributed by atoms with Gasteiger partial charge in [0.2, 0.25) is 11.8 Å². The minimum Gasteiger partial charge on any atom is -0.462 e. The highest BCUT2D eigenvalue weighted by atomic mass is 79.9. The molecule has 0 fully saturated rings. The zero-order chi connectivity index (χ0) is 18.3. The summed E-state index contributed by atoms with van der Waals surface area (Å²) in [4.78, 5) is 36.0. The van der Waals surface area contributed by atoms with E-state index in [2.05, 4.69) is 26.6 Å². The van der Waals surface area contributed by atoms with Gasteiger partial charge in [0.05, 0.1) is 26.8 Å². The molecule has 1 aromatic rings. The average molecular weight is 436 g/mol. The van der Waals surface area contributed by atoms with E-state index in [1.54, 1.807) is 13.8 Å². The first-order valence-corrected chi connectivity index (χ1v) is 9.52. The third kappa shape index (κ3) is 5.32. The average Bonchev–Trinajstić information content (AvgIpc) is 2.80. The first kappa shape index (κ1) is 20.7. The molecule has 2 amide bonds. The molecule has 0 aromatic carbocycles. The monoisotopic (exact) mass is 435 g/mol. The van der Waals surface area contributed by atoms with Gasteiger partial charge in [-0.3, -0.25) is 9.59 Å². The highest BCUT2D eigenvalue weighted by Crippen LogP contribution is 2.37. The molecule has 1 atom stereocenters. The van der Waals surface area contributed by atoms with Crippen molar-refractivity contribution in [2.24, 2.45) is 0 Å². The lowest BCUT2D eigenvalue weighted by Crippen LogP contribution is -2.33. The lowest BCUT2D eigenvalue weighted by atomic mass is 10.2. The van der Waals surface area contributed by atoms with Crippen LogP contribution in [0.4, 0.5) is 5.00 Å². The molecule has 0 aliphatic carbocycles. The van der Waals surface area contributed by atoms with Crippen molar-refractivity contribution >= 4 is 67.4 Å². The Morgan fingerprint density at radius 1 is 1.46 bits per heavy atom. The van der Waals surface area contributed by atoms with E-state index in [0.29, 0.717) is 16.1 Å². The van der Waals surface area contributed by atoms with Crippen LogP contribution in [0.15, 0.2) is 3.79 Å². The Kier molecular flexibility index (Phi) is 8.43. The molecule has 0 saturated carbocycles. The molecule has 132 valence electrons. The molecule has 0 saturated heterocycles. The van der Waals surface area contributed by atoms with Crippen LogP contribution in [0.2, 0.25) is 0 Å². The second-order valence-electron chi connectivity index (χ2n) is 4.53. The molecule has 3 N–H and O–H groups in total. The second-order valence-corrected chi connectivity index (χ2v) is 7.95. The molecule has 0 spiro atoms. The predicted molar refractivity (Wildman–Crippen MR) is 100 cm³/mol. The zero-order valence-corrected chi connectivity index (χ0v) is 16.6. The molecule has 1 heterocycles. The summed E-state index contributed by atoms with van der Waals surface area (Å²) in [5.41, 5.74) is 2.01. The number of rotatable bonds is 8. The third-order valence-electron chi connectivity index (χ3n) is 2.96. The predicted octanol–water partition coefficient (Wildman–Crippen LogP) is 2.78. The number of halogens is 1. The van der Waals surface area contributed by atoms with E-state index in [-0.39, 0.29) is 18.9 Å². The van der Waals surface area contributed by atoms with Crippen molar-refractivity contribution < 1.29 is 19.1 Å². The Balaban J connectivity index is 2.94. The van der Waals surface area contributed by atoms with Crippen molar-refractivity contribution in [3.8, 4) is 0 Å². The van der Waals surface area contributed by atoms with Gasteiger partial charge >= 0.3 is 5.97 Å². The van der Waals surface area contributed by atoms with Gasteiger partial charge in [0.1, 0.15) is 5.00 Å². The van der Waals surface area contributed by atoms with Crippen molar-refractivity contribution in [3.63, 3.8) is 0 Å². The number of hydrogen-bond donors (Lipinski definition) is 3. The number of nitrogens with one attached hydrogen (secondary N) is 3. The van der Waals surface area contributed by atoms with Crippen LogP contribution in [0.5, 0.6) is 0 Å². The fraction of sp³-hybridized carbons (Fsp3) is 0.429. The van der Waals surface area contributed by atoms with E-state index in [1.165, 1.54) is 18.4 Å². The van der Waals surface area contributed by atoms with Gasteiger partial charge in [-0.15, -0.1) is 23.1 Å². The normalized spacial score (nSPS) is 11.5. The van der Waals surface area contributed by atoms with Gasteiger partial charge in [0, 0.05) is 13.5 Å². The number of hydrogen-bond acceptors (Lipinski definition) is 7. The molecule has 7 nitrogen and oxygen atoms in total. The number of thioether (sulfide) groups is 1. The van der Waals surface area contributed by atoms with Crippen molar-refractivity contribution in [1.82, 2.24) is 5.32 Å². The van der Waals surface area contributed by atoms with E-state index in [1.807, 2.05) is 0 Å². The summed E-state index contributed by atoms with van der Waals surface area (Å²) in [6.07, 6.45) is -0.115. The van der Waals surface area contributed by atoms with E-state index >= 15 is 0 Å². The van der Waals surface area contributed by atoms with Crippen LogP contribution in [0.1, 0.15) is 29.3 Å². The molecule has 1 aromatic heterocycles. The fourth-order valence-electron chi connectivity index (χ4n) is 1.81. The number of carbonyl (C=O) groups is 3. The number of esters is 1. The maximum absolute atomic E-state index is 12.2. The summed E-state index contributed by atoms with van der Waals surface area (Å²) in [5.74, 6) is -1.27. The molecular formula is C14H18BrN3O4S2. The molecule has 0 radical (unpaired) electrons. The molecule has 1 unspecified atom stereocenters. The van der Waals surface area contributed by atoms with Gasteiger partial charge in [-0.2, -0.15) is 0 Å². The smallest absolute Gasteiger partial charge is 0.341 e. The van der Waals surface area contributed by atoms with Gasteiger partial charge in [-0.25, -0.2) is 4.79 Å². The van der Waals surface area contributed by atoms with Crippen molar-refractivity contribution in [2.75, 3.05) is 19.0 Å². The SMILES string of the molecule is CCOC(=O)c1c(NC(=O)CC(SC=N)C(=O)NC)sc(Br)c1C. The highest BCUT2D eigenvalue weighted by molar-refractivity contribution is 9.11. The van der Waals surface area contributed by atoms with Crippen LogP contribution in [0, 0.1) is 12.3 Å². The summed E-state index contributed by atoms with van der Waals surface area (Å²) in [6, 6.07) is 0. The van der Waals surface area contributed by atoms with Gasteiger partial charge in [0.15, 0.2) is 0 Å². The Morgan fingerprint density at radius 2 is 2.12 bits per heavy atom. The van der Waals surface area contributed by atoms with Gasteiger partial charge in [-0.05, 0) is 35.3 Å². The highest BCUT2D eigenvalue weighted by Gasteiger charge is 2.25.